The van der Waals surface area contributed by atoms with Gasteiger partial charge in [-0.25, -0.2) is 4.98 Å². The van der Waals surface area contributed by atoms with E-state index in [1.807, 2.05) is 10.3 Å². The lowest BCUT2D eigenvalue weighted by Crippen LogP contribution is -2.37. The Labute approximate surface area is 111 Å². The van der Waals surface area contributed by atoms with Crippen LogP contribution in [0.25, 0.3) is 0 Å². The predicted octanol–water partition coefficient (Wildman–Crippen LogP) is 1.65. The first kappa shape index (κ1) is 12.8. The van der Waals surface area contributed by atoms with Crippen LogP contribution in [0.4, 0.5) is 0 Å². The fourth-order valence-corrected chi connectivity index (χ4v) is 3.47. The van der Waals surface area contributed by atoms with E-state index in [0.717, 1.165) is 17.5 Å². The third-order valence-electron chi connectivity index (χ3n) is 3.62. The Balaban J connectivity index is 0.00000108. The summed E-state index contributed by atoms with van der Waals surface area (Å²) in [7, 11) is 0. The van der Waals surface area contributed by atoms with Crippen LogP contribution in [-0.4, -0.2) is 28.4 Å². The van der Waals surface area contributed by atoms with E-state index in [9.17, 15) is 4.79 Å². The Bertz CT molecular complexity index is 423. The van der Waals surface area contributed by atoms with Crippen LogP contribution in [0.2, 0.25) is 0 Å². The summed E-state index contributed by atoms with van der Waals surface area (Å²) >= 11 is 1.47. The Morgan fingerprint density at radius 1 is 1.59 bits per heavy atom. The van der Waals surface area contributed by atoms with E-state index in [1.165, 1.54) is 30.6 Å². The second-order valence-electron chi connectivity index (χ2n) is 4.62. The number of likely N-dealkylation sites (tertiary alicyclic amines) is 1. The quantitative estimate of drug-likeness (QED) is 0.891. The smallest absolute Gasteiger partial charge is 0.273 e. The van der Waals surface area contributed by atoms with Crippen LogP contribution in [0.5, 0.6) is 0 Å². The van der Waals surface area contributed by atoms with Crippen molar-refractivity contribution in [3.05, 3.63) is 16.1 Å². The molecule has 4 nitrogen and oxygen atoms in total. The number of amides is 1. The van der Waals surface area contributed by atoms with Crippen LogP contribution < -0.4 is 5.73 Å². The molecule has 1 amide bonds. The average molecular weight is 274 g/mol. The molecule has 2 heterocycles. The zero-order chi connectivity index (χ0) is 11.1. The molecule has 1 aromatic heterocycles. The first-order valence-corrected chi connectivity index (χ1v) is 6.61. The summed E-state index contributed by atoms with van der Waals surface area (Å²) in [6, 6.07) is 0.473. The molecule has 2 fully saturated rings. The van der Waals surface area contributed by atoms with Gasteiger partial charge in [-0.05, 0) is 25.2 Å². The molecule has 17 heavy (non-hydrogen) atoms. The van der Waals surface area contributed by atoms with E-state index in [0.29, 0.717) is 18.3 Å². The number of aromatic nitrogens is 1. The van der Waals surface area contributed by atoms with Gasteiger partial charge in [0.2, 0.25) is 0 Å². The number of fused-ring (bicyclic) bond motifs is 2. The van der Waals surface area contributed by atoms with Gasteiger partial charge < -0.3 is 10.6 Å². The maximum Gasteiger partial charge on any atom is 0.273 e. The SMILES string of the molecule is Cl.NCc1nc(C(=O)N2CC3CCC2C3)cs1. The first-order chi connectivity index (χ1) is 7.78. The van der Waals surface area contributed by atoms with Crippen molar-refractivity contribution >= 4 is 29.7 Å². The molecule has 2 unspecified atom stereocenters. The number of hydrogen-bond donors (Lipinski definition) is 1. The monoisotopic (exact) mass is 273 g/mol. The van der Waals surface area contributed by atoms with E-state index < -0.39 is 0 Å². The maximum atomic E-state index is 12.2. The minimum absolute atomic E-state index is 0. The van der Waals surface area contributed by atoms with E-state index in [-0.39, 0.29) is 18.3 Å². The van der Waals surface area contributed by atoms with Crippen molar-refractivity contribution < 1.29 is 4.79 Å². The molecule has 3 rings (SSSR count). The summed E-state index contributed by atoms with van der Waals surface area (Å²) < 4.78 is 0. The van der Waals surface area contributed by atoms with Crippen molar-refractivity contribution in [1.29, 1.82) is 0 Å². The average Bonchev–Trinajstić information content (AvgIpc) is 3.03. The number of nitrogens with zero attached hydrogens (tertiary/aromatic N) is 2. The van der Waals surface area contributed by atoms with Crippen molar-refractivity contribution in [2.24, 2.45) is 11.7 Å². The number of hydrogen-bond acceptors (Lipinski definition) is 4. The van der Waals surface area contributed by atoms with Crippen molar-refractivity contribution in [3.8, 4) is 0 Å². The number of piperidine rings is 1. The Hall–Kier alpha value is -0.650. The van der Waals surface area contributed by atoms with Gasteiger partial charge in [0, 0.05) is 24.5 Å². The Kier molecular flexibility index (Phi) is 3.70. The van der Waals surface area contributed by atoms with Crippen LogP contribution in [0, 0.1) is 5.92 Å². The predicted molar refractivity (Wildman–Crippen MR) is 69.4 cm³/mol. The molecule has 1 aliphatic carbocycles. The van der Waals surface area contributed by atoms with Crippen LogP contribution >= 0.6 is 23.7 Å². The third kappa shape index (κ3) is 2.19. The van der Waals surface area contributed by atoms with Gasteiger partial charge in [-0.1, -0.05) is 0 Å². The largest absolute Gasteiger partial charge is 0.334 e. The normalized spacial score (nSPS) is 26.1. The third-order valence-corrected chi connectivity index (χ3v) is 4.49. The van der Waals surface area contributed by atoms with Crippen molar-refractivity contribution in [3.63, 3.8) is 0 Å². The van der Waals surface area contributed by atoms with Gasteiger partial charge in [-0.2, -0.15) is 0 Å². The van der Waals surface area contributed by atoms with Crippen molar-refractivity contribution in [1.82, 2.24) is 9.88 Å². The summed E-state index contributed by atoms with van der Waals surface area (Å²) in [5, 5.41) is 2.67. The highest BCUT2D eigenvalue weighted by Gasteiger charge is 2.40. The molecular weight excluding hydrogens is 258 g/mol. The van der Waals surface area contributed by atoms with Crippen LogP contribution in [0.3, 0.4) is 0 Å². The topological polar surface area (TPSA) is 59.2 Å². The summed E-state index contributed by atoms with van der Waals surface area (Å²) in [6.45, 7) is 1.35. The van der Waals surface area contributed by atoms with Crippen molar-refractivity contribution in [2.45, 2.75) is 31.8 Å². The van der Waals surface area contributed by atoms with Gasteiger partial charge in [-0.15, -0.1) is 23.7 Å². The summed E-state index contributed by atoms with van der Waals surface area (Å²) in [6.07, 6.45) is 3.66. The molecule has 0 radical (unpaired) electrons. The molecule has 94 valence electrons. The van der Waals surface area contributed by atoms with Gasteiger partial charge in [0.05, 0.1) is 0 Å². The molecule has 2 N–H and O–H groups in total. The highest BCUT2D eigenvalue weighted by molar-refractivity contribution is 7.09. The van der Waals surface area contributed by atoms with Gasteiger partial charge in [-0.3, -0.25) is 4.79 Å². The van der Waals surface area contributed by atoms with Gasteiger partial charge in [0.25, 0.3) is 5.91 Å². The molecular formula is C11H16ClN3OS. The molecule has 1 aliphatic heterocycles. The highest BCUT2D eigenvalue weighted by Crippen LogP contribution is 2.38. The van der Waals surface area contributed by atoms with Gasteiger partial charge in [0.15, 0.2) is 0 Å². The fraction of sp³-hybridized carbons (Fsp3) is 0.636. The number of thiazole rings is 1. The number of rotatable bonds is 2. The molecule has 0 spiro atoms. The number of carbonyl (C=O) groups is 1. The zero-order valence-corrected chi connectivity index (χ0v) is 11.1. The summed E-state index contributed by atoms with van der Waals surface area (Å²) in [4.78, 5) is 18.5. The maximum absolute atomic E-state index is 12.2. The van der Waals surface area contributed by atoms with Crippen LogP contribution in [0.1, 0.15) is 34.8 Å². The Morgan fingerprint density at radius 3 is 2.94 bits per heavy atom. The summed E-state index contributed by atoms with van der Waals surface area (Å²) in [5.41, 5.74) is 6.08. The molecule has 2 atom stereocenters. The van der Waals surface area contributed by atoms with E-state index >= 15 is 0 Å². The lowest BCUT2D eigenvalue weighted by molar-refractivity contribution is 0.0698. The van der Waals surface area contributed by atoms with Crippen LogP contribution in [-0.2, 0) is 6.54 Å². The molecule has 0 aromatic carbocycles. The number of carbonyl (C=O) groups excluding carboxylic acids is 1. The van der Waals surface area contributed by atoms with Gasteiger partial charge in [0.1, 0.15) is 10.7 Å². The number of nitrogens with two attached hydrogens (primary N) is 1. The molecule has 1 saturated carbocycles. The Morgan fingerprint density at radius 2 is 2.41 bits per heavy atom. The minimum atomic E-state index is 0. The molecule has 1 aromatic rings. The van der Waals surface area contributed by atoms with Crippen molar-refractivity contribution in [2.75, 3.05) is 6.54 Å². The van der Waals surface area contributed by atoms with E-state index in [4.69, 9.17) is 5.73 Å². The molecule has 1 saturated heterocycles. The zero-order valence-electron chi connectivity index (χ0n) is 9.46. The van der Waals surface area contributed by atoms with E-state index in [2.05, 4.69) is 4.98 Å². The van der Waals surface area contributed by atoms with E-state index in [1.54, 1.807) is 0 Å². The van der Waals surface area contributed by atoms with Gasteiger partial charge >= 0.3 is 0 Å². The second kappa shape index (κ2) is 4.92. The standard InChI is InChI=1S/C11H15N3OS.ClH/c12-4-10-13-9(6-16-10)11(15)14-5-7-1-2-8(14)3-7;/h6-8H,1-5,12H2;1H. The molecule has 6 heteroatoms. The lowest BCUT2D eigenvalue weighted by Gasteiger charge is -2.26. The second-order valence-corrected chi connectivity index (χ2v) is 5.56. The molecule has 2 bridgehead atoms. The minimum Gasteiger partial charge on any atom is -0.334 e. The lowest BCUT2D eigenvalue weighted by atomic mass is 10.1. The number of halogens is 1. The van der Waals surface area contributed by atoms with Crippen LogP contribution in [0.15, 0.2) is 5.38 Å². The summed E-state index contributed by atoms with van der Waals surface area (Å²) in [5.74, 6) is 0.838. The first-order valence-electron chi connectivity index (χ1n) is 5.73. The fourth-order valence-electron chi connectivity index (χ4n) is 2.82. The highest BCUT2D eigenvalue weighted by atomic mass is 35.5. The molecule has 2 aliphatic rings.